The molecule has 0 atom stereocenters. The quantitative estimate of drug-likeness (QED) is 0.923. The molecule has 5 heteroatoms. The van der Waals surface area contributed by atoms with Crippen LogP contribution >= 0.6 is 0 Å². The Hall–Kier alpha value is -2.82. The lowest BCUT2D eigenvalue weighted by Crippen LogP contribution is -2.49. The molecule has 26 heavy (non-hydrogen) atoms. The molecule has 2 heterocycles. The van der Waals surface area contributed by atoms with Gasteiger partial charge in [0.05, 0.1) is 0 Å². The van der Waals surface area contributed by atoms with Gasteiger partial charge in [0.2, 0.25) is 5.91 Å². The molecule has 0 aliphatic carbocycles. The van der Waals surface area contributed by atoms with E-state index in [-0.39, 0.29) is 11.9 Å². The van der Waals surface area contributed by atoms with Crippen LogP contribution in [-0.2, 0) is 11.2 Å². The fraction of sp³-hybridized carbons (Fsp3) is 0.333. The Morgan fingerprint density at radius 3 is 2.27 bits per heavy atom. The molecule has 0 spiro atoms. The van der Waals surface area contributed by atoms with Crippen LogP contribution in [0.1, 0.15) is 17.5 Å². The molecular weight excluding hydrogens is 326 g/mol. The number of urea groups is 1. The monoisotopic (exact) mass is 349 g/mol. The number of rotatable bonds is 4. The highest BCUT2D eigenvalue weighted by Crippen LogP contribution is 2.29. The lowest BCUT2D eigenvalue weighted by Gasteiger charge is -2.41. The van der Waals surface area contributed by atoms with Crippen LogP contribution in [0.4, 0.5) is 16.2 Å². The summed E-state index contributed by atoms with van der Waals surface area (Å²) >= 11 is 0. The van der Waals surface area contributed by atoms with Gasteiger partial charge in [-0.25, -0.2) is 4.79 Å². The third-order valence-electron chi connectivity index (χ3n) is 5.18. The van der Waals surface area contributed by atoms with E-state index < -0.39 is 0 Å². The Balaban J connectivity index is 1.33. The first-order valence-corrected chi connectivity index (χ1v) is 9.10. The first-order valence-electron chi connectivity index (χ1n) is 9.10. The van der Waals surface area contributed by atoms with Crippen molar-refractivity contribution in [1.82, 2.24) is 5.32 Å². The van der Waals surface area contributed by atoms with E-state index in [0.717, 1.165) is 25.2 Å². The zero-order valence-corrected chi connectivity index (χ0v) is 14.9. The van der Waals surface area contributed by atoms with Gasteiger partial charge in [-0.2, -0.15) is 0 Å². The predicted molar refractivity (Wildman–Crippen MR) is 103 cm³/mol. The van der Waals surface area contributed by atoms with Gasteiger partial charge in [0.15, 0.2) is 0 Å². The summed E-state index contributed by atoms with van der Waals surface area (Å²) in [5.41, 5.74) is 4.72. The van der Waals surface area contributed by atoms with E-state index in [1.54, 1.807) is 4.90 Å². The molecule has 0 saturated carbocycles. The van der Waals surface area contributed by atoms with Crippen LogP contribution in [0.15, 0.2) is 48.5 Å². The van der Waals surface area contributed by atoms with Crippen LogP contribution < -0.4 is 15.1 Å². The fourth-order valence-electron chi connectivity index (χ4n) is 3.62. The van der Waals surface area contributed by atoms with Crippen molar-refractivity contribution in [2.24, 2.45) is 5.92 Å². The van der Waals surface area contributed by atoms with E-state index in [1.807, 2.05) is 12.1 Å². The number of nitrogens with one attached hydrogen (secondary N) is 1. The molecule has 2 fully saturated rings. The summed E-state index contributed by atoms with van der Waals surface area (Å²) in [6.45, 7) is 4.67. The van der Waals surface area contributed by atoms with Gasteiger partial charge in [-0.1, -0.05) is 29.8 Å². The van der Waals surface area contributed by atoms with E-state index in [0.29, 0.717) is 18.9 Å². The van der Waals surface area contributed by atoms with Gasteiger partial charge in [-0.3, -0.25) is 15.0 Å². The maximum Gasteiger partial charge on any atom is 0.328 e. The number of carbonyl (C=O) groups excluding carboxylic acids is 2. The summed E-state index contributed by atoms with van der Waals surface area (Å²) in [6.07, 6.45) is 1.47. The largest absolute Gasteiger partial charge is 0.371 e. The van der Waals surface area contributed by atoms with Crippen molar-refractivity contribution >= 4 is 23.3 Å². The average molecular weight is 349 g/mol. The van der Waals surface area contributed by atoms with Gasteiger partial charge in [0.25, 0.3) is 0 Å². The van der Waals surface area contributed by atoms with Gasteiger partial charge >= 0.3 is 6.03 Å². The molecule has 0 aromatic heterocycles. The first kappa shape index (κ1) is 16.6. The van der Waals surface area contributed by atoms with Crippen LogP contribution in [0, 0.1) is 12.8 Å². The van der Waals surface area contributed by atoms with Crippen molar-refractivity contribution in [2.45, 2.75) is 19.8 Å². The second-order valence-corrected chi connectivity index (χ2v) is 7.23. The van der Waals surface area contributed by atoms with Gasteiger partial charge in [0, 0.05) is 37.4 Å². The van der Waals surface area contributed by atoms with Crippen molar-refractivity contribution in [3.05, 3.63) is 59.7 Å². The Kier molecular flexibility index (Phi) is 4.37. The van der Waals surface area contributed by atoms with Gasteiger partial charge in [0.1, 0.15) is 0 Å². The molecule has 2 aromatic rings. The fourth-order valence-corrected chi connectivity index (χ4v) is 3.62. The summed E-state index contributed by atoms with van der Waals surface area (Å²) in [4.78, 5) is 27.1. The minimum atomic E-state index is -0.337. The van der Waals surface area contributed by atoms with Crippen molar-refractivity contribution < 1.29 is 9.59 Å². The number of imide groups is 1. The number of hydrogen-bond acceptors (Lipinski definition) is 3. The minimum Gasteiger partial charge on any atom is -0.371 e. The molecule has 0 bridgehead atoms. The summed E-state index contributed by atoms with van der Waals surface area (Å²) in [6, 6.07) is 16.5. The zero-order chi connectivity index (χ0) is 18.1. The average Bonchev–Trinajstić information content (AvgIpc) is 2.60. The van der Waals surface area contributed by atoms with E-state index in [1.165, 1.54) is 16.8 Å². The van der Waals surface area contributed by atoms with Crippen molar-refractivity contribution in [1.29, 1.82) is 0 Å². The van der Waals surface area contributed by atoms with Crippen LogP contribution in [0.2, 0.25) is 0 Å². The van der Waals surface area contributed by atoms with Gasteiger partial charge < -0.3 is 4.90 Å². The molecule has 2 aromatic carbocycles. The van der Waals surface area contributed by atoms with E-state index in [2.05, 4.69) is 53.5 Å². The number of anilines is 2. The molecule has 134 valence electrons. The Morgan fingerprint density at radius 2 is 1.62 bits per heavy atom. The molecule has 0 radical (unpaired) electrons. The van der Waals surface area contributed by atoms with Crippen molar-refractivity contribution in [3.8, 4) is 0 Å². The summed E-state index contributed by atoms with van der Waals surface area (Å²) in [5, 5.41) is 2.36. The normalized spacial score (nSPS) is 17.9. The molecule has 4 rings (SSSR count). The maximum atomic E-state index is 11.9. The first-order chi connectivity index (χ1) is 12.6. The van der Waals surface area contributed by atoms with Crippen LogP contribution in [0.3, 0.4) is 0 Å². The number of benzene rings is 2. The summed E-state index contributed by atoms with van der Waals surface area (Å²) in [7, 11) is 0. The van der Waals surface area contributed by atoms with E-state index in [9.17, 15) is 9.59 Å². The van der Waals surface area contributed by atoms with E-state index in [4.69, 9.17) is 0 Å². The molecule has 2 aliphatic heterocycles. The molecular formula is C21H23N3O2. The Labute approximate surface area is 153 Å². The summed E-state index contributed by atoms with van der Waals surface area (Å²) in [5.74, 6) is 0.485. The maximum absolute atomic E-state index is 11.9. The Bertz CT molecular complexity index is 808. The minimum absolute atomic E-state index is 0.205. The van der Waals surface area contributed by atoms with Crippen LogP contribution in [-0.4, -0.2) is 31.6 Å². The smallest absolute Gasteiger partial charge is 0.328 e. The highest BCUT2D eigenvalue weighted by Gasteiger charge is 2.28. The third-order valence-corrected chi connectivity index (χ3v) is 5.18. The second-order valence-electron chi connectivity index (χ2n) is 7.23. The lowest BCUT2D eigenvalue weighted by atomic mass is 9.91. The van der Waals surface area contributed by atoms with Gasteiger partial charge in [-0.15, -0.1) is 0 Å². The van der Waals surface area contributed by atoms with Crippen LogP contribution in [0.25, 0.3) is 0 Å². The lowest BCUT2D eigenvalue weighted by molar-refractivity contribution is -0.120. The number of amides is 3. The zero-order valence-electron chi connectivity index (χ0n) is 14.9. The highest BCUT2D eigenvalue weighted by atomic mass is 16.2. The van der Waals surface area contributed by atoms with Crippen LogP contribution in [0.5, 0.6) is 0 Å². The molecule has 2 saturated heterocycles. The highest BCUT2D eigenvalue weighted by molar-refractivity contribution is 6.05. The predicted octanol–water partition coefficient (Wildman–Crippen LogP) is 3.12. The van der Waals surface area contributed by atoms with E-state index >= 15 is 0 Å². The topological polar surface area (TPSA) is 52.6 Å². The molecule has 2 aliphatic rings. The molecule has 5 nitrogen and oxygen atoms in total. The molecule has 3 amide bonds. The summed E-state index contributed by atoms with van der Waals surface area (Å²) < 4.78 is 0. The number of nitrogens with zero attached hydrogens (tertiary/aromatic N) is 2. The van der Waals surface area contributed by atoms with Crippen molar-refractivity contribution in [2.75, 3.05) is 29.4 Å². The molecule has 1 N–H and O–H groups in total. The third kappa shape index (κ3) is 3.43. The van der Waals surface area contributed by atoms with Gasteiger partial charge in [-0.05, 0) is 49.1 Å². The molecule has 0 unspecified atom stereocenters. The number of aryl methyl sites for hydroxylation is 1. The standard InChI is InChI=1S/C21H23N3O2/c1-15-2-4-16(5-3-15)12-17-13-23(14-17)18-6-8-19(9-7-18)24-11-10-20(25)22-21(24)26/h2-9,17H,10-14H2,1H3,(H,22,25,26). The van der Waals surface area contributed by atoms with Crippen molar-refractivity contribution in [3.63, 3.8) is 0 Å². The number of hydrogen-bond donors (Lipinski definition) is 1. The number of carbonyl (C=O) groups is 2. The second kappa shape index (κ2) is 6.83. The SMILES string of the molecule is Cc1ccc(CC2CN(c3ccc(N4CCC(=O)NC4=O)cc3)C2)cc1. The Morgan fingerprint density at radius 1 is 0.962 bits per heavy atom.